The van der Waals surface area contributed by atoms with Crippen molar-refractivity contribution in [3.05, 3.63) is 65.9 Å². The number of hydrogen-bond acceptors (Lipinski definition) is 6. The minimum absolute atomic E-state index is 0.382. The lowest BCUT2D eigenvalue weighted by Crippen LogP contribution is -2.34. The zero-order valence-corrected chi connectivity index (χ0v) is 20.7. The Labute approximate surface area is 202 Å². The molecule has 34 heavy (non-hydrogen) atoms. The van der Waals surface area contributed by atoms with Crippen molar-refractivity contribution in [1.29, 1.82) is 0 Å². The molecule has 0 amide bonds. The van der Waals surface area contributed by atoms with Crippen LogP contribution >= 0.6 is 0 Å². The number of para-hydroxylation sites is 1. The Hall–Kier alpha value is -2.87. The average molecular weight is 468 g/mol. The third-order valence-corrected chi connectivity index (χ3v) is 5.77. The summed E-state index contributed by atoms with van der Waals surface area (Å²) in [5, 5.41) is 15.4. The van der Waals surface area contributed by atoms with Gasteiger partial charge in [0.2, 0.25) is 5.88 Å². The molecule has 0 spiro atoms. The van der Waals surface area contributed by atoms with Crippen LogP contribution in [0.25, 0.3) is 5.69 Å². The lowest BCUT2D eigenvalue weighted by Gasteiger charge is -2.25. The number of ether oxygens (including phenoxy) is 3. The highest BCUT2D eigenvalue weighted by Gasteiger charge is 2.22. The second-order valence-corrected chi connectivity index (χ2v) is 8.42. The smallest absolute Gasteiger partial charge is 0.227 e. The van der Waals surface area contributed by atoms with Crippen LogP contribution in [0.1, 0.15) is 37.4 Å². The van der Waals surface area contributed by atoms with Crippen LogP contribution in [0.2, 0.25) is 0 Å². The highest BCUT2D eigenvalue weighted by molar-refractivity contribution is 5.44. The maximum atomic E-state index is 10.6. The lowest BCUT2D eigenvalue weighted by atomic mass is 10.1. The molecule has 1 N–H and O–H groups in total. The first-order valence-corrected chi connectivity index (χ1v) is 11.9. The van der Waals surface area contributed by atoms with E-state index in [0.717, 1.165) is 42.0 Å². The molecule has 2 aromatic carbocycles. The largest absolute Gasteiger partial charge is 0.497 e. The van der Waals surface area contributed by atoms with E-state index in [1.165, 1.54) is 0 Å². The first-order chi connectivity index (χ1) is 16.5. The number of aliphatic hydroxyl groups excluding tert-OH is 1. The van der Waals surface area contributed by atoms with E-state index in [9.17, 15) is 5.11 Å². The molecule has 0 saturated heterocycles. The first kappa shape index (κ1) is 25.7. The molecule has 0 aliphatic rings. The summed E-state index contributed by atoms with van der Waals surface area (Å²) in [6.07, 6.45) is 2.48. The Morgan fingerprint density at radius 3 is 2.38 bits per heavy atom. The van der Waals surface area contributed by atoms with Crippen molar-refractivity contribution in [3.8, 4) is 23.1 Å². The maximum absolute atomic E-state index is 10.6. The highest BCUT2D eigenvalue weighted by Crippen LogP contribution is 2.32. The van der Waals surface area contributed by atoms with Gasteiger partial charge in [0.1, 0.15) is 11.5 Å². The van der Waals surface area contributed by atoms with E-state index in [2.05, 4.69) is 11.8 Å². The monoisotopic (exact) mass is 467 g/mol. The fourth-order valence-corrected chi connectivity index (χ4v) is 3.83. The topological polar surface area (TPSA) is 69.0 Å². The normalized spacial score (nSPS) is 12.2. The van der Waals surface area contributed by atoms with E-state index < -0.39 is 0 Å². The summed E-state index contributed by atoms with van der Waals surface area (Å²) in [4.78, 5) is 2.21. The van der Waals surface area contributed by atoms with Crippen LogP contribution in [0.4, 0.5) is 0 Å². The van der Waals surface area contributed by atoms with E-state index in [0.29, 0.717) is 37.9 Å². The molecular weight excluding hydrogens is 430 g/mol. The number of methoxy groups -OCH3 is 2. The number of rotatable bonds is 14. The molecule has 0 saturated carbocycles. The number of nitrogens with zero attached hydrogens (tertiary/aromatic N) is 3. The molecule has 0 bridgehead atoms. The SMILES string of the molecule is CCCC[C@@H](O)CN(CCOC)Cc1c(C)nn(-c2ccccc2)c1Oc1ccc(OC)cc1. The van der Waals surface area contributed by atoms with Gasteiger partial charge in [-0.2, -0.15) is 5.10 Å². The van der Waals surface area contributed by atoms with Crippen LogP contribution in [0.5, 0.6) is 17.4 Å². The quantitative estimate of drug-likeness (QED) is 0.361. The van der Waals surface area contributed by atoms with Gasteiger partial charge in [0.05, 0.1) is 36.8 Å². The van der Waals surface area contributed by atoms with E-state index >= 15 is 0 Å². The Morgan fingerprint density at radius 2 is 1.74 bits per heavy atom. The number of hydrogen-bond donors (Lipinski definition) is 1. The minimum atomic E-state index is -0.382. The number of aryl methyl sites for hydroxylation is 1. The van der Waals surface area contributed by atoms with Gasteiger partial charge >= 0.3 is 0 Å². The summed E-state index contributed by atoms with van der Waals surface area (Å²) in [6.45, 7) is 6.59. The molecule has 7 nitrogen and oxygen atoms in total. The number of unbranched alkanes of at least 4 members (excludes halogenated alkanes) is 1. The number of benzene rings is 2. The molecule has 0 aliphatic heterocycles. The van der Waals surface area contributed by atoms with Crippen LogP contribution in [0, 0.1) is 6.92 Å². The van der Waals surface area contributed by atoms with Gasteiger partial charge < -0.3 is 19.3 Å². The van der Waals surface area contributed by atoms with Crippen molar-refractivity contribution in [2.45, 2.75) is 45.8 Å². The van der Waals surface area contributed by atoms with Crippen molar-refractivity contribution < 1.29 is 19.3 Å². The molecule has 7 heteroatoms. The lowest BCUT2D eigenvalue weighted by molar-refractivity contribution is 0.0786. The van der Waals surface area contributed by atoms with Gasteiger partial charge in [0, 0.05) is 26.7 Å². The Balaban J connectivity index is 1.94. The van der Waals surface area contributed by atoms with Gasteiger partial charge in [0.15, 0.2) is 0 Å². The summed E-state index contributed by atoms with van der Waals surface area (Å²) in [5.41, 5.74) is 2.79. The molecule has 0 unspecified atom stereocenters. The molecule has 0 fully saturated rings. The van der Waals surface area contributed by atoms with Gasteiger partial charge in [0.25, 0.3) is 0 Å². The molecule has 1 aromatic heterocycles. The van der Waals surface area contributed by atoms with Crippen molar-refractivity contribution in [1.82, 2.24) is 14.7 Å². The van der Waals surface area contributed by atoms with Crippen molar-refractivity contribution in [3.63, 3.8) is 0 Å². The van der Waals surface area contributed by atoms with Crippen LogP contribution < -0.4 is 9.47 Å². The summed E-state index contributed by atoms with van der Waals surface area (Å²) < 4.78 is 18.9. The molecule has 3 aromatic rings. The molecule has 0 radical (unpaired) electrons. The minimum Gasteiger partial charge on any atom is -0.497 e. The molecular formula is C27H37N3O4. The number of aromatic nitrogens is 2. The van der Waals surface area contributed by atoms with Gasteiger partial charge in [-0.15, -0.1) is 0 Å². The predicted octanol–water partition coefficient (Wildman–Crippen LogP) is 4.98. The molecule has 1 atom stereocenters. The summed E-state index contributed by atoms with van der Waals surface area (Å²) in [7, 11) is 3.34. The van der Waals surface area contributed by atoms with E-state index in [-0.39, 0.29) is 6.10 Å². The van der Waals surface area contributed by atoms with E-state index in [1.807, 2.05) is 66.2 Å². The van der Waals surface area contributed by atoms with Crippen LogP contribution in [-0.2, 0) is 11.3 Å². The first-order valence-electron chi connectivity index (χ1n) is 11.9. The number of aliphatic hydroxyl groups is 1. The van der Waals surface area contributed by atoms with Crippen molar-refractivity contribution in [2.75, 3.05) is 33.9 Å². The van der Waals surface area contributed by atoms with E-state index in [4.69, 9.17) is 19.3 Å². The van der Waals surface area contributed by atoms with Crippen molar-refractivity contribution in [2.24, 2.45) is 0 Å². The third-order valence-electron chi connectivity index (χ3n) is 5.77. The molecule has 0 aliphatic carbocycles. The fraction of sp³-hybridized carbons (Fsp3) is 0.444. The Kier molecular flexibility index (Phi) is 9.94. The van der Waals surface area contributed by atoms with Gasteiger partial charge in [-0.25, -0.2) is 4.68 Å². The van der Waals surface area contributed by atoms with Crippen LogP contribution in [-0.4, -0.2) is 59.8 Å². The summed E-state index contributed by atoms with van der Waals surface area (Å²) in [6, 6.07) is 17.5. The predicted molar refractivity (Wildman–Crippen MR) is 134 cm³/mol. The fourth-order valence-electron chi connectivity index (χ4n) is 3.83. The Bertz CT molecular complexity index is 989. The third kappa shape index (κ3) is 7.06. The zero-order valence-electron chi connectivity index (χ0n) is 20.7. The highest BCUT2D eigenvalue weighted by atomic mass is 16.5. The van der Waals surface area contributed by atoms with Gasteiger partial charge in [-0.1, -0.05) is 38.0 Å². The molecule has 3 rings (SSSR count). The maximum Gasteiger partial charge on any atom is 0.227 e. The second kappa shape index (κ2) is 13.1. The Morgan fingerprint density at radius 1 is 1.03 bits per heavy atom. The van der Waals surface area contributed by atoms with Crippen molar-refractivity contribution >= 4 is 0 Å². The van der Waals surface area contributed by atoms with Gasteiger partial charge in [-0.3, -0.25) is 4.90 Å². The standard InChI is InChI=1S/C27H37N3O4/c1-5-6-12-23(31)19-29(17-18-32-3)20-26-21(2)28-30(22-10-8-7-9-11-22)27(26)34-25-15-13-24(33-4)14-16-25/h7-11,13-16,23,31H,5-6,12,17-20H2,1-4H3/t23-/m1/s1. The average Bonchev–Trinajstić information content (AvgIpc) is 3.16. The second-order valence-electron chi connectivity index (χ2n) is 8.42. The van der Waals surface area contributed by atoms with Crippen LogP contribution in [0.15, 0.2) is 54.6 Å². The zero-order chi connectivity index (χ0) is 24.3. The molecule has 184 valence electrons. The molecule has 1 heterocycles. The van der Waals surface area contributed by atoms with Gasteiger partial charge in [-0.05, 0) is 49.7 Å². The summed E-state index contributed by atoms with van der Waals surface area (Å²) >= 11 is 0. The van der Waals surface area contributed by atoms with E-state index in [1.54, 1.807) is 14.2 Å². The summed E-state index contributed by atoms with van der Waals surface area (Å²) in [5.74, 6) is 2.14. The van der Waals surface area contributed by atoms with Crippen LogP contribution in [0.3, 0.4) is 0 Å².